The van der Waals surface area contributed by atoms with Gasteiger partial charge in [-0.3, -0.25) is 4.68 Å². The smallest absolute Gasteiger partial charge is 0.132 e. The standard InChI is InChI=1S/C13H13BrF2N2O2/c1-20-6-5-18-12(8(14)7-17-18)13(19)11-9(15)3-2-4-10(11)16/h2-4,7,13,19H,5-6H2,1H3. The summed E-state index contributed by atoms with van der Waals surface area (Å²) < 4.78 is 34.3. The van der Waals surface area contributed by atoms with Crippen LogP contribution in [-0.4, -0.2) is 28.6 Å². The highest BCUT2D eigenvalue weighted by molar-refractivity contribution is 9.10. The van der Waals surface area contributed by atoms with Gasteiger partial charge < -0.3 is 9.84 Å². The second kappa shape index (κ2) is 6.43. The third kappa shape index (κ3) is 2.89. The Labute approximate surface area is 123 Å². The number of aliphatic hydroxyl groups excluding tert-OH is 1. The topological polar surface area (TPSA) is 47.3 Å². The second-order valence-electron chi connectivity index (χ2n) is 4.13. The summed E-state index contributed by atoms with van der Waals surface area (Å²) in [4.78, 5) is 0. The lowest BCUT2D eigenvalue weighted by Crippen LogP contribution is -2.15. The van der Waals surface area contributed by atoms with Crippen LogP contribution >= 0.6 is 15.9 Å². The van der Waals surface area contributed by atoms with E-state index in [1.54, 1.807) is 0 Å². The van der Waals surface area contributed by atoms with Crippen LogP contribution in [0.25, 0.3) is 0 Å². The van der Waals surface area contributed by atoms with Crippen molar-refractivity contribution in [1.29, 1.82) is 0 Å². The molecule has 2 aromatic rings. The van der Waals surface area contributed by atoms with Gasteiger partial charge in [0.15, 0.2) is 0 Å². The third-order valence-corrected chi connectivity index (χ3v) is 3.48. The van der Waals surface area contributed by atoms with Gasteiger partial charge >= 0.3 is 0 Å². The Hall–Kier alpha value is -1.31. The zero-order valence-electron chi connectivity index (χ0n) is 10.7. The lowest BCUT2D eigenvalue weighted by Gasteiger charge is -2.15. The zero-order valence-corrected chi connectivity index (χ0v) is 12.3. The Balaban J connectivity index is 2.43. The summed E-state index contributed by atoms with van der Waals surface area (Å²) in [5.74, 6) is -1.60. The maximum atomic E-state index is 13.7. The lowest BCUT2D eigenvalue weighted by atomic mass is 10.1. The summed E-state index contributed by atoms with van der Waals surface area (Å²) in [7, 11) is 1.53. The molecule has 2 rings (SSSR count). The zero-order chi connectivity index (χ0) is 14.7. The summed E-state index contributed by atoms with van der Waals surface area (Å²) in [6.45, 7) is 0.734. The van der Waals surface area contributed by atoms with E-state index in [9.17, 15) is 13.9 Å². The van der Waals surface area contributed by atoms with Crippen LogP contribution in [0.4, 0.5) is 8.78 Å². The van der Waals surface area contributed by atoms with Crippen LogP contribution < -0.4 is 0 Å². The molecule has 0 saturated heterocycles. The molecule has 1 aromatic heterocycles. The van der Waals surface area contributed by atoms with Crippen LogP contribution in [0.2, 0.25) is 0 Å². The molecule has 0 radical (unpaired) electrons. The van der Waals surface area contributed by atoms with Gasteiger partial charge in [-0.25, -0.2) is 8.78 Å². The number of methoxy groups -OCH3 is 1. The van der Waals surface area contributed by atoms with Crippen LogP contribution in [0.5, 0.6) is 0 Å². The Morgan fingerprint density at radius 2 is 2.05 bits per heavy atom. The molecular formula is C13H13BrF2N2O2. The molecule has 1 unspecified atom stereocenters. The molecule has 0 aliphatic carbocycles. The van der Waals surface area contributed by atoms with E-state index in [1.165, 1.54) is 24.1 Å². The van der Waals surface area contributed by atoms with E-state index in [1.807, 2.05) is 0 Å². The van der Waals surface area contributed by atoms with Crippen molar-refractivity contribution < 1.29 is 18.6 Å². The molecular weight excluding hydrogens is 334 g/mol. The Bertz CT molecular complexity index is 584. The summed E-state index contributed by atoms with van der Waals surface area (Å²) >= 11 is 3.23. The number of aliphatic hydroxyl groups is 1. The first-order chi connectivity index (χ1) is 9.56. The van der Waals surface area contributed by atoms with Crippen LogP contribution in [0.3, 0.4) is 0 Å². The number of halogens is 3. The Morgan fingerprint density at radius 1 is 1.40 bits per heavy atom. The summed E-state index contributed by atoms with van der Waals surface area (Å²) in [6, 6.07) is 3.45. The van der Waals surface area contributed by atoms with E-state index in [0.717, 1.165) is 12.1 Å². The van der Waals surface area contributed by atoms with E-state index in [0.29, 0.717) is 17.6 Å². The number of rotatable bonds is 5. The molecule has 0 fully saturated rings. The molecule has 0 amide bonds. The van der Waals surface area contributed by atoms with Crippen molar-refractivity contribution >= 4 is 15.9 Å². The quantitative estimate of drug-likeness (QED) is 0.905. The fraction of sp³-hybridized carbons (Fsp3) is 0.308. The highest BCUT2D eigenvalue weighted by Crippen LogP contribution is 2.31. The first-order valence-corrected chi connectivity index (χ1v) is 6.67. The van der Waals surface area contributed by atoms with E-state index in [4.69, 9.17) is 4.74 Å². The molecule has 0 bridgehead atoms. The van der Waals surface area contributed by atoms with E-state index in [-0.39, 0.29) is 5.69 Å². The van der Waals surface area contributed by atoms with Crippen LogP contribution in [-0.2, 0) is 11.3 Å². The van der Waals surface area contributed by atoms with Gasteiger partial charge in [0.05, 0.1) is 35.1 Å². The minimum absolute atomic E-state index is 0.283. The van der Waals surface area contributed by atoms with Crippen molar-refractivity contribution in [3.63, 3.8) is 0 Å². The number of ether oxygens (including phenoxy) is 1. The number of hydrogen-bond acceptors (Lipinski definition) is 3. The van der Waals surface area contributed by atoms with Gasteiger partial charge in [0, 0.05) is 7.11 Å². The minimum Gasteiger partial charge on any atom is -0.383 e. The van der Waals surface area contributed by atoms with Gasteiger partial charge in [-0.05, 0) is 28.1 Å². The number of nitrogens with zero attached hydrogens (tertiary/aromatic N) is 2. The largest absolute Gasteiger partial charge is 0.383 e. The molecule has 108 valence electrons. The van der Waals surface area contributed by atoms with E-state index >= 15 is 0 Å². The highest BCUT2D eigenvalue weighted by atomic mass is 79.9. The molecule has 1 aromatic carbocycles. The van der Waals surface area contributed by atoms with Crippen molar-refractivity contribution in [2.75, 3.05) is 13.7 Å². The SMILES string of the molecule is COCCn1ncc(Br)c1C(O)c1c(F)cccc1F. The van der Waals surface area contributed by atoms with E-state index < -0.39 is 23.3 Å². The normalized spacial score (nSPS) is 12.7. The molecule has 1 atom stereocenters. The molecule has 20 heavy (non-hydrogen) atoms. The van der Waals surface area contributed by atoms with Crippen LogP contribution in [0.15, 0.2) is 28.9 Å². The highest BCUT2D eigenvalue weighted by Gasteiger charge is 2.25. The van der Waals surface area contributed by atoms with Gasteiger partial charge in [0.25, 0.3) is 0 Å². The van der Waals surface area contributed by atoms with Gasteiger partial charge in [-0.15, -0.1) is 0 Å². The molecule has 0 aliphatic rings. The molecule has 0 spiro atoms. The van der Waals surface area contributed by atoms with Crippen LogP contribution in [0.1, 0.15) is 17.4 Å². The first kappa shape index (κ1) is 15.1. The van der Waals surface area contributed by atoms with Gasteiger partial charge in [0.1, 0.15) is 17.7 Å². The Morgan fingerprint density at radius 3 is 2.65 bits per heavy atom. The summed E-state index contributed by atoms with van der Waals surface area (Å²) in [5, 5.41) is 14.3. The number of benzene rings is 1. The fourth-order valence-corrected chi connectivity index (χ4v) is 2.42. The third-order valence-electron chi connectivity index (χ3n) is 2.87. The van der Waals surface area contributed by atoms with Crippen molar-refractivity contribution in [3.8, 4) is 0 Å². The predicted octanol–water partition coefficient (Wildman–Crippen LogP) is 2.65. The molecule has 0 aliphatic heterocycles. The van der Waals surface area contributed by atoms with Gasteiger partial charge in [0.2, 0.25) is 0 Å². The maximum Gasteiger partial charge on any atom is 0.132 e. The monoisotopic (exact) mass is 346 g/mol. The Kier molecular flexibility index (Phi) is 4.85. The second-order valence-corrected chi connectivity index (χ2v) is 4.99. The summed E-state index contributed by atoms with van der Waals surface area (Å²) in [5.41, 5.74) is -0.113. The van der Waals surface area contributed by atoms with Crippen molar-refractivity contribution in [2.45, 2.75) is 12.6 Å². The predicted molar refractivity (Wildman–Crippen MR) is 72.2 cm³/mol. The van der Waals surface area contributed by atoms with Crippen LogP contribution in [0, 0.1) is 11.6 Å². The minimum atomic E-state index is -1.45. The lowest BCUT2D eigenvalue weighted by molar-refractivity contribution is 0.168. The maximum absolute atomic E-state index is 13.7. The van der Waals surface area contributed by atoms with Gasteiger partial charge in [-0.2, -0.15) is 5.10 Å². The van der Waals surface area contributed by atoms with Gasteiger partial charge in [-0.1, -0.05) is 6.07 Å². The van der Waals surface area contributed by atoms with Crippen molar-refractivity contribution in [2.24, 2.45) is 0 Å². The fourth-order valence-electron chi connectivity index (χ4n) is 1.91. The molecule has 7 heteroatoms. The van der Waals surface area contributed by atoms with Crippen molar-refractivity contribution in [3.05, 3.63) is 51.8 Å². The first-order valence-electron chi connectivity index (χ1n) is 5.88. The molecule has 1 N–H and O–H groups in total. The average molecular weight is 347 g/mol. The van der Waals surface area contributed by atoms with Crippen molar-refractivity contribution in [1.82, 2.24) is 9.78 Å². The number of aromatic nitrogens is 2. The molecule has 1 heterocycles. The van der Waals surface area contributed by atoms with E-state index in [2.05, 4.69) is 21.0 Å². The average Bonchev–Trinajstić information content (AvgIpc) is 2.77. The number of hydrogen-bond donors (Lipinski definition) is 1. The molecule has 0 saturated carbocycles. The summed E-state index contributed by atoms with van der Waals surface area (Å²) in [6.07, 6.45) is 0.0115. The molecule has 4 nitrogen and oxygen atoms in total.